The summed E-state index contributed by atoms with van der Waals surface area (Å²) >= 11 is 1.22. The highest BCUT2D eigenvalue weighted by Crippen LogP contribution is 2.35. The Morgan fingerprint density at radius 3 is 2.29 bits per heavy atom. The molecule has 0 aliphatic carbocycles. The van der Waals surface area contributed by atoms with E-state index in [9.17, 15) is 22.8 Å². The van der Waals surface area contributed by atoms with Crippen LogP contribution < -0.4 is 10.6 Å². The number of carbonyl (C=O) groups is 2. The summed E-state index contributed by atoms with van der Waals surface area (Å²) in [6, 6.07) is 11.8. The van der Waals surface area contributed by atoms with E-state index < -0.39 is 22.9 Å². The Kier molecular flexibility index (Phi) is 7.51. The van der Waals surface area contributed by atoms with Gasteiger partial charge in [0.1, 0.15) is 0 Å². The van der Waals surface area contributed by atoms with Crippen molar-refractivity contribution in [1.29, 1.82) is 0 Å². The van der Waals surface area contributed by atoms with Crippen molar-refractivity contribution < 1.29 is 22.8 Å². The first-order valence-corrected chi connectivity index (χ1v) is 9.62. The first-order chi connectivity index (χ1) is 13.2. The summed E-state index contributed by atoms with van der Waals surface area (Å²) in [6.45, 7) is 3.53. The molecule has 2 aromatic carbocycles. The highest BCUT2D eigenvalue weighted by Gasteiger charge is 2.33. The Balaban J connectivity index is 1.99. The molecule has 2 rings (SSSR count). The smallest absolute Gasteiger partial charge is 0.326 e. The maximum Gasteiger partial charge on any atom is 0.418 e. The Hall–Kier alpha value is -2.48. The molecule has 0 saturated heterocycles. The van der Waals surface area contributed by atoms with Gasteiger partial charge in [0.15, 0.2) is 0 Å². The zero-order chi connectivity index (χ0) is 20.7. The van der Waals surface area contributed by atoms with E-state index in [-0.39, 0.29) is 11.6 Å². The molecule has 0 heterocycles. The maximum atomic E-state index is 13.0. The van der Waals surface area contributed by atoms with Crippen LogP contribution in [0.1, 0.15) is 32.3 Å². The minimum atomic E-state index is -4.54. The Bertz CT molecular complexity index is 823. The fraction of sp³-hybridized carbons (Fsp3) is 0.300. The number of benzene rings is 2. The van der Waals surface area contributed by atoms with Gasteiger partial charge in [-0.3, -0.25) is 9.59 Å². The minimum Gasteiger partial charge on any atom is -0.326 e. The number of amides is 2. The molecule has 0 fully saturated rings. The van der Waals surface area contributed by atoms with E-state index in [1.807, 2.05) is 6.92 Å². The number of alkyl halides is 3. The van der Waals surface area contributed by atoms with E-state index in [4.69, 9.17) is 0 Å². The third kappa shape index (κ3) is 6.30. The van der Waals surface area contributed by atoms with Crippen molar-refractivity contribution in [3.05, 3.63) is 54.1 Å². The lowest BCUT2D eigenvalue weighted by atomic mass is 10.1. The lowest BCUT2D eigenvalue weighted by molar-refractivity contribution is -0.137. The molecule has 1 unspecified atom stereocenters. The minimum absolute atomic E-state index is 0.0704. The molecule has 4 nitrogen and oxygen atoms in total. The highest BCUT2D eigenvalue weighted by molar-refractivity contribution is 8.00. The lowest BCUT2D eigenvalue weighted by Gasteiger charge is -2.16. The summed E-state index contributed by atoms with van der Waals surface area (Å²) in [5.74, 6) is -0.596. The molecule has 0 spiro atoms. The number of hydrogen-bond donors (Lipinski definition) is 2. The van der Waals surface area contributed by atoms with Gasteiger partial charge in [-0.05, 0) is 49.7 Å². The van der Waals surface area contributed by atoms with E-state index in [2.05, 4.69) is 10.6 Å². The number of hydrogen-bond acceptors (Lipinski definition) is 3. The van der Waals surface area contributed by atoms with Crippen molar-refractivity contribution in [2.75, 3.05) is 10.6 Å². The second-order valence-electron chi connectivity index (χ2n) is 6.12. The summed E-state index contributed by atoms with van der Waals surface area (Å²) in [5.41, 5.74) is -0.492. The second-order valence-corrected chi connectivity index (χ2v) is 7.53. The second kappa shape index (κ2) is 9.64. The van der Waals surface area contributed by atoms with Crippen molar-refractivity contribution in [3.63, 3.8) is 0 Å². The molecule has 2 amide bonds. The third-order valence-corrected chi connectivity index (χ3v) is 4.90. The molecule has 0 saturated carbocycles. The fourth-order valence-corrected chi connectivity index (χ4v) is 3.27. The van der Waals surface area contributed by atoms with Gasteiger partial charge in [-0.15, -0.1) is 11.8 Å². The zero-order valence-electron chi connectivity index (χ0n) is 15.5. The molecule has 2 N–H and O–H groups in total. The Morgan fingerprint density at radius 1 is 1.04 bits per heavy atom. The van der Waals surface area contributed by atoms with Gasteiger partial charge >= 0.3 is 6.18 Å². The Morgan fingerprint density at radius 2 is 1.68 bits per heavy atom. The van der Waals surface area contributed by atoms with Crippen LogP contribution in [0, 0.1) is 0 Å². The monoisotopic (exact) mass is 410 g/mol. The van der Waals surface area contributed by atoms with Crippen molar-refractivity contribution in [1.82, 2.24) is 0 Å². The number of nitrogens with one attached hydrogen (secondary N) is 2. The van der Waals surface area contributed by atoms with Crippen molar-refractivity contribution in [2.24, 2.45) is 0 Å². The van der Waals surface area contributed by atoms with Crippen LogP contribution in [0.15, 0.2) is 53.4 Å². The van der Waals surface area contributed by atoms with E-state index in [0.29, 0.717) is 12.1 Å². The number of carbonyl (C=O) groups excluding carboxylic acids is 2. The van der Waals surface area contributed by atoms with E-state index in [1.165, 1.54) is 30.0 Å². The molecule has 8 heteroatoms. The molecule has 0 radical (unpaired) electrons. The van der Waals surface area contributed by atoms with Crippen LogP contribution in [0.5, 0.6) is 0 Å². The largest absolute Gasteiger partial charge is 0.418 e. The summed E-state index contributed by atoms with van der Waals surface area (Å²) in [5, 5.41) is 4.51. The number of rotatable bonds is 7. The molecule has 28 heavy (non-hydrogen) atoms. The predicted molar refractivity (Wildman–Crippen MR) is 105 cm³/mol. The molecule has 0 aliphatic rings. The van der Waals surface area contributed by atoms with Crippen molar-refractivity contribution >= 4 is 35.0 Å². The van der Waals surface area contributed by atoms with Crippen LogP contribution in [0.2, 0.25) is 0 Å². The van der Waals surface area contributed by atoms with E-state index in [0.717, 1.165) is 17.4 Å². The number of para-hydroxylation sites is 1. The van der Waals surface area contributed by atoms with Gasteiger partial charge in [-0.2, -0.15) is 13.2 Å². The highest BCUT2D eigenvalue weighted by atomic mass is 32.2. The molecule has 2 aromatic rings. The van der Waals surface area contributed by atoms with Crippen molar-refractivity contribution in [2.45, 2.75) is 43.0 Å². The quantitative estimate of drug-likeness (QED) is 0.587. The molecular weight excluding hydrogens is 389 g/mol. The van der Waals surface area contributed by atoms with Gasteiger partial charge in [0.2, 0.25) is 11.8 Å². The third-order valence-electron chi connectivity index (χ3n) is 3.79. The molecule has 1 atom stereocenters. The molecule has 0 aliphatic heterocycles. The average molecular weight is 410 g/mol. The van der Waals surface area contributed by atoms with Gasteiger partial charge in [-0.25, -0.2) is 0 Å². The normalized spacial score (nSPS) is 12.3. The van der Waals surface area contributed by atoms with Gasteiger partial charge in [0.25, 0.3) is 0 Å². The SMILES string of the molecule is CCCC(=O)Nc1ccc(SC(C)C(=O)Nc2ccccc2C(F)(F)F)cc1. The molecule has 0 bridgehead atoms. The zero-order valence-corrected chi connectivity index (χ0v) is 16.3. The fourth-order valence-electron chi connectivity index (χ4n) is 2.40. The topological polar surface area (TPSA) is 58.2 Å². The number of thioether (sulfide) groups is 1. The first-order valence-electron chi connectivity index (χ1n) is 8.74. The van der Waals surface area contributed by atoms with Crippen LogP contribution in [-0.2, 0) is 15.8 Å². The van der Waals surface area contributed by atoms with Crippen LogP contribution in [0.4, 0.5) is 24.5 Å². The molecule has 0 aromatic heterocycles. The predicted octanol–water partition coefficient (Wildman–Crippen LogP) is 5.56. The van der Waals surface area contributed by atoms with Gasteiger partial charge in [0.05, 0.1) is 16.5 Å². The summed E-state index contributed by atoms with van der Waals surface area (Å²) in [4.78, 5) is 24.7. The lowest BCUT2D eigenvalue weighted by Crippen LogP contribution is -2.24. The average Bonchev–Trinajstić information content (AvgIpc) is 2.63. The van der Waals surface area contributed by atoms with Gasteiger partial charge in [-0.1, -0.05) is 19.1 Å². The van der Waals surface area contributed by atoms with Crippen LogP contribution >= 0.6 is 11.8 Å². The number of halogens is 3. The first kappa shape index (κ1) is 21.8. The van der Waals surface area contributed by atoms with Crippen LogP contribution in [0.3, 0.4) is 0 Å². The standard InChI is InChI=1S/C20H21F3N2O2S/c1-3-6-18(26)24-14-9-11-15(12-10-14)28-13(2)19(27)25-17-8-5-4-7-16(17)20(21,22)23/h4-5,7-13H,3,6H2,1-2H3,(H,24,26)(H,25,27). The van der Waals surface area contributed by atoms with Crippen LogP contribution in [-0.4, -0.2) is 17.1 Å². The summed E-state index contributed by atoms with van der Waals surface area (Å²) in [7, 11) is 0. The number of anilines is 2. The maximum absolute atomic E-state index is 13.0. The van der Waals surface area contributed by atoms with Crippen molar-refractivity contribution in [3.8, 4) is 0 Å². The molecular formula is C20H21F3N2O2S. The van der Waals surface area contributed by atoms with E-state index in [1.54, 1.807) is 31.2 Å². The van der Waals surface area contributed by atoms with Crippen LogP contribution in [0.25, 0.3) is 0 Å². The van der Waals surface area contributed by atoms with Gasteiger partial charge < -0.3 is 10.6 Å². The summed E-state index contributed by atoms with van der Waals surface area (Å²) < 4.78 is 39.1. The Labute approximate surface area is 165 Å². The van der Waals surface area contributed by atoms with Gasteiger partial charge in [0, 0.05) is 17.0 Å². The van der Waals surface area contributed by atoms with E-state index >= 15 is 0 Å². The summed E-state index contributed by atoms with van der Waals surface area (Å²) in [6.07, 6.45) is -3.35. The molecule has 150 valence electrons.